The first-order valence-corrected chi connectivity index (χ1v) is 8.54. The van der Waals surface area contributed by atoms with E-state index < -0.39 is 16.1 Å². The molecule has 0 spiro atoms. The van der Waals surface area contributed by atoms with E-state index in [-0.39, 0.29) is 10.7 Å². The van der Waals surface area contributed by atoms with Crippen molar-refractivity contribution in [1.29, 1.82) is 0 Å². The molecule has 2 rings (SSSR count). The third kappa shape index (κ3) is 3.94. The van der Waals surface area contributed by atoms with E-state index in [1.165, 1.54) is 19.1 Å². The number of carbonyl (C=O) groups excluding carboxylic acids is 1. The van der Waals surface area contributed by atoms with Crippen LogP contribution in [0.2, 0.25) is 5.02 Å². The van der Waals surface area contributed by atoms with Crippen LogP contribution in [-0.2, 0) is 10.0 Å². The van der Waals surface area contributed by atoms with Gasteiger partial charge in [-0.25, -0.2) is 13.1 Å². The van der Waals surface area contributed by atoms with Crippen molar-refractivity contribution < 1.29 is 13.2 Å². The lowest BCUT2D eigenvalue weighted by molar-refractivity contribution is 0.101. The Morgan fingerprint density at radius 1 is 1.14 bits per heavy atom. The van der Waals surface area contributed by atoms with E-state index in [1.807, 2.05) is 0 Å². The van der Waals surface area contributed by atoms with Crippen LogP contribution >= 0.6 is 11.6 Å². The Balaban J connectivity index is 2.25. The SMILES string of the molecule is CC(=O)c1cccc(S(=O)(=O)N[C@@H](C)c2ccc(Cl)cc2)c1. The number of nitrogens with one attached hydrogen (secondary N) is 1. The molecule has 0 saturated carbocycles. The minimum absolute atomic E-state index is 0.0704. The van der Waals surface area contributed by atoms with Crippen LogP contribution in [0.1, 0.15) is 35.8 Å². The average Bonchev–Trinajstić information content (AvgIpc) is 2.47. The molecule has 0 aliphatic carbocycles. The summed E-state index contributed by atoms with van der Waals surface area (Å²) in [5, 5.41) is 0.591. The summed E-state index contributed by atoms with van der Waals surface area (Å²) in [6.07, 6.45) is 0. The lowest BCUT2D eigenvalue weighted by Crippen LogP contribution is -2.27. The molecule has 0 amide bonds. The molecule has 0 radical (unpaired) electrons. The number of ketones is 1. The highest BCUT2D eigenvalue weighted by molar-refractivity contribution is 7.89. The van der Waals surface area contributed by atoms with Gasteiger partial charge in [0.05, 0.1) is 4.90 Å². The standard InChI is InChI=1S/C16H16ClNO3S/c1-11(13-6-8-15(17)9-7-13)18-22(20,21)16-5-3-4-14(10-16)12(2)19/h3-11,18H,1-2H3/t11-/m0/s1. The molecule has 0 bridgehead atoms. The van der Waals surface area contributed by atoms with Crippen molar-refractivity contribution in [2.75, 3.05) is 0 Å². The van der Waals surface area contributed by atoms with Gasteiger partial charge < -0.3 is 0 Å². The third-order valence-electron chi connectivity index (χ3n) is 3.25. The predicted molar refractivity (Wildman–Crippen MR) is 86.6 cm³/mol. The van der Waals surface area contributed by atoms with E-state index in [0.29, 0.717) is 10.6 Å². The van der Waals surface area contributed by atoms with Crippen molar-refractivity contribution in [3.05, 3.63) is 64.7 Å². The largest absolute Gasteiger partial charge is 0.295 e. The second-order valence-electron chi connectivity index (χ2n) is 4.98. The van der Waals surface area contributed by atoms with Crippen molar-refractivity contribution >= 4 is 27.4 Å². The maximum absolute atomic E-state index is 12.4. The van der Waals surface area contributed by atoms with Crippen LogP contribution in [0, 0.1) is 0 Å². The van der Waals surface area contributed by atoms with Crippen molar-refractivity contribution in [2.24, 2.45) is 0 Å². The minimum atomic E-state index is -3.71. The van der Waals surface area contributed by atoms with Crippen molar-refractivity contribution in [2.45, 2.75) is 24.8 Å². The summed E-state index contributed by atoms with van der Waals surface area (Å²) in [6, 6.07) is 12.5. The Hall–Kier alpha value is -1.69. The average molecular weight is 338 g/mol. The molecule has 22 heavy (non-hydrogen) atoms. The number of sulfonamides is 1. The fourth-order valence-corrected chi connectivity index (χ4v) is 3.41. The molecule has 2 aromatic carbocycles. The molecule has 1 atom stereocenters. The van der Waals surface area contributed by atoms with Gasteiger partial charge in [0.1, 0.15) is 0 Å². The summed E-state index contributed by atoms with van der Waals surface area (Å²) < 4.78 is 27.4. The number of carbonyl (C=O) groups is 1. The zero-order valence-corrected chi connectivity index (χ0v) is 13.8. The van der Waals surface area contributed by atoms with E-state index in [1.54, 1.807) is 43.3 Å². The molecule has 0 heterocycles. The van der Waals surface area contributed by atoms with Crippen LogP contribution < -0.4 is 4.72 Å². The maximum atomic E-state index is 12.4. The van der Waals surface area contributed by atoms with Crippen LogP contribution in [0.25, 0.3) is 0 Å². The van der Waals surface area contributed by atoms with Gasteiger partial charge >= 0.3 is 0 Å². The summed E-state index contributed by atoms with van der Waals surface area (Å²) >= 11 is 5.82. The summed E-state index contributed by atoms with van der Waals surface area (Å²) in [7, 11) is -3.71. The molecule has 6 heteroatoms. The van der Waals surface area contributed by atoms with Gasteiger partial charge in [-0.05, 0) is 43.7 Å². The topological polar surface area (TPSA) is 63.2 Å². The summed E-state index contributed by atoms with van der Waals surface area (Å²) in [5.74, 6) is -0.178. The monoisotopic (exact) mass is 337 g/mol. The van der Waals surface area contributed by atoms with Gasteiger partial charge in [-0.3, -0.25) is 4.79 Å². The van der Waals surface area contributed by atoms with Gasteiger partial charge in [-0.1, -0.05) is 35.9 Å². The maximum Gasteiger partial charge on any atom is 0.241 e. The zero-order chi connectivity index (χ0) is 16.3. The minimum Gasteiger partial charge on any atom is -0.295 e. The van der Waals surface area contributed by atoms with Crippen LogP contribution in [-0.4, -0.2) is 14.2 Å². The number of halogens is 1. The Bertz CT molecular complexity index is 785. The Kier molecular flexibility index (Phi) is 5.01. The number of rotatable bonds is 5. The van der Waals surface area contributed by atoms with Crippen molar-refractivity contribution in [3.63, 3.8) is 0 Å². The molecular weight excluding hydrogens is 322 g/mol. The van der Waals surface area contributed by atoms with E-state index in [0.717, 1.165) is 5.56 Å². The van der Waals surface area contributed by atoms with E-state index in [2.05, 4.69) is 4.72 Å². The summed E-state index contributed by atoms with van der Waals surface area (Å²) in [5.41, 5.74) is 1.16. The number of benzene rings is 2. The predicted octanol–water partition coefficient (Wildman–Crippen LogP) is 3.58. The van der Waals surface area contributed by atoms with Gasteiger partial charge in [0.25, 0.3) is 0 Å². The molecule has 116 valence electrons. The third-order valence-corrected chi connectivity index (χ3v) is 5.04. The van der Waals surface area contributed by atoms with Gasteiger partial charge in [-0.2, -0.15) is 0 Å². The first-order valence-electron chi connectivity index (χ1n) is 6.68. The van der Waals surface area contributed by atoms with Gasteiger partial charge in [-0.15, -0.1) is 0 Å². The Morgan fingerprint density at radius 2 is 1.77 bits per heavy atom. The molecule has 4 nitrogen and oxygen atoms in total. The Morgan fingerprint density at radius 3 is 2.36 bits per heavy atom. The number of Topliss-reactive ketones (excluding diaryl/α,β-unsaturated/α-hetero) is 1. The number of hydrogen-bond acceptors (Lipinski definition) is 3. The molecule has 1 N–H and O–H groups in total. The van der Waals surface area contributed by atoms with Crippen molar-refractivity contribution in [3.8, 4) is 0 Å². The van der Waals surface area contributed by atoms with E-state index in [4.69, 9.17) is 11.6 Å². The molecule has 0 fully saturated rings. The second kappa shape index (κ2) is 6.60. The first-order chi connectivity index (χ1) is 10.3. The van der Waals surface area contributed by atoms with Crippen LogP contribution in [0.15, 0.2) is 53.4 Å². The summed E-state index contributed by atoms with van der Waals surface area (Å²) in [6.45, 7) is 3.14. The zero-order valence-electron chi connectivity index (χ0n) is 12.2. The number of hydrogen-bond donors (Lipinski definition) is 1. The fourth-order valence-electron chi connectivity index (χ4n) is 2.00. The van der Waals surface area contributed by atoms with Crippen LogP contribution in [0.5, 0.6) is 0 Å². The Labute approximate surface area is 135 Å². The second-order valence-corrected chi connectivity index (χ2v) is 7.13. The highest BCUT2D eigenvalue weighted by Gasteiger charge is 2.19. The smallest absolute Gasteiger partial charge is 0.241 e. The van der Waals surface area contributed by atoms with Gasteiger partial charge in [0.15, 0.2) is 5.78 Å². The highest BCUT2D eigenvalue weighted by atomic mass is 35.5. The molecule has 0 aliphatic rings. The molecule has 0 aromatic heterocycles. The first kappa shape index (κ1) is 16.7. The fraction of sp³-hybridized carbons (Fsp3) is 0.188. The summed E-state index contributed by atoms with van der Waals surface area (Å²) in [4.78, 5) is 11.4. The molecule has 0 saturated heterocycles. The highest BCUT2D eigenvalue weighted by Crippen LogP contribution is 2.19. The normalized spacial score (nSPS) is 12.9. The van der Waals surface area contributed by atoms with Crippen molar-refractivity contribution in [1.82, 2.24) is 4.72 Å². The van der Waals surface area contributed by atoms with E-state index in [9.17, 15) is 13.2 Å². The van der Waals surface area contributed by atoms with Crippen LogP contribution in [0.4, 0.5) is 0 Å². The molecular formula is C16H16ClNO3S. The lowest BCUT2D eigenvalue weighted by Gasteiger charge is -2.15. The van der Waals surface area contributed by atoms with Gasteiger partial charge in [0, 0.05) is 16.6 Å². The molecule has 2 aromatic rings. The molecule has 0 aliphatic heterocycles. The van der Waals surface area contributed by atoms with E-state index >= 15 is 0 Å². The lowest BCUT2D eigenvalue weighted by atomic mass is 10.1. The quantitative estimate of drug-likeness (QED) is 0.848. The van der Waals surface area contributed by atoms with Crippen LogP contribution in [0.3, 0.4) is 0 Å². The molecule has 0 unspecified atom stereocenters. The van der Waals surface area contributed by atoms with Gasteiger partial charge in [0.2, 0.25) is 10.0 Å².